The van der Waals surface area contributed by atoms with Crippen molar-refractivity contribution in [3.8, 4) is 0 Å². The van der Waals surface area contributed by atoms with Gasteiger partial charge in [0, 0.05) is 29.8 Å². The van der Waals surface area contributed by atoms with Gasteiger partial charge in [0.15, 0.2) is 0 Å². The maximum Gasteiger partial charge on any atom is 0.354 e. The van der Waals surface area contributed by atoms with E-state index >= 15 is 0 Å². The molecule has 0 aromatic carbocycles. The van der Waals surface area contributed by atoms with Crippen molar-refractivity contribution in [3.63, 3.8) is 0 Å². The Hall–Kier alpha value is -1.95. The van der Waals surface area contributed by atoms with Crippen molar-refractivity contribution in [3.05, 3.63) is 29.6 Å². The molecular weight excluding hydrogens is 284 g/mol. The SMILES string of the molecule is CCOC1CC(NC(=O)c2ccnc(C(=O)O)c2)C12CCC2. The second kappa shape index (κ2) is 5.68. The molecule has 6 nitrogen and oxygen atoms in total. The summed E-state index contributed by atoms with van der Waals surface area (Å²) in [5, 5.41) is 12.0. The summed E-state index contributed by atoms with van der Waals surface area (Å²) in [7, 11) is 0. The van der Waals surface area contributed by atoms with Crippen LogP contribution in [0.2, 0.25) is 0 Å². The van der Waals surface area contributed by atoms with E-state index in [9.17, 15) is 9.59 Å². The van der Waals surface area contributed by atoms with Gasteiger partial charge in [-0.1, -0.05) is 6.42 Å². The maximum atomic E-state index is 12.3. The van der Waals surface area contributed by atoms with E-state index in [1.807, 2.05) is 6.92 Å². The first-order valence-electron chi connectivity index (χ1n) is 7.68. The van der Waals surface area contributed by atoms with E-state index in [1.54, 1.807) is 0 Å². The summed E-state index contributed by atoms with van der Waals surface area (Å²) >= 11 is 0. The van der Waals surface area contributed by atoms with Crippen molar-refractivity contribution in [2.24, 2.45) is 5.41 Å². The first-order chi connectivity index (χ1) is 10.6. The fourth-order valence-electron chi connectivity index (χ4n) is 3.57. The zero-order valence-electron chi connectivity index (χ0n) is 12.5. The zero-order chi connectivity index (χ0) is 15.7. The number of hydrogen-bond donors (Lipinski definition) is 2. The predicted octanol–water partition coefficient (Wildman–Crippen LogP) is 1.86. The number of aromatic carboxylic acids is 1. The van der Waals surface area contributed by atoms with Crippen LogP contribution in [-0.2, 0) is 4.74 Å². The van der Waals surface area contributed by atoms with Crippen LogP contribution >= 0.6 is 0 Å². The Balaban J connectivity index is 1.68. The van der Waals surface area contributed by atoms with Crippen LogP contribution in [0.15, 0.2) is 18.3 Å². The molecule has 0 radical (unpaired) electrons. The number of aromatic nitrogens is 1. The van der Waals surface area contributed by atoms with Crippen LogP contribution < -0.4 is 5.32 Å². The Morgan fingerprint density at radius 1 is 1.50 bits per heavy atom. The van der Waals surface area contributed by atoms with Gasteiger partial charge in [0.1, 0.15) is 5.69 Å². The second-order valence-corrected chi connectivity index (χ2v) is 6.03. The van der Waals surface area contributed by atoms with E-state index in [4.69, 9.17) is 9.84 Å². The summed E-state index contributed by atoms with van der Waals surface area (Å²) < 4.78 is 5.76. The Morgan fingerprint density at radius 3 is 2.86 bits per heavy atom. The number of carboxylic acid groups (broad SMARTS) is 1. The summed E-state index contributed by atoms with van der Waals surface area (Å²) in [4.78, 5) is 27.0. The third-order valence-corrected chi connectivity index (χ3v) is 4.98. The molecule has 1 heterocycles. The highest BCUT2D eigenvalue weighted by Gasteiger charge is 2.59. The summed E-state index contributed by atoms with van der Waals surface area (Å²) in [6.07, 6.45) is 5.76. The lowest BCUT2D eigenvalue weighted by Gasteiger charge is -2.61. The molecular formula is C16H20N2O4. The Bertz CT molecular complexity index is 598. The number of amides is 1. The van der Waals surface area contributed by atoms with Gasteiger partial charge < -0.3 is 15.2 Å². The van der Waals surface area contributed by atoms with Crippen molar-refractivity contribution < 1.29 is 19.4 Å². The first-order valence-corrected chi connectivity index (χ1v) is 7.68. The lowest BCUT2D eigenvalue weighted by Crippen LogP contribution is -2.67. The van der Waals surface area contributed by atoms with Crippen molar-refractivity contribution in [2.45, 2.75) is 44.8 Å². The van der Waals surface area contributed by atoms with E-state index < -0.39 is 5.97 Å². The van der Waals surface area contributed by atoms with Crippen molar-refractivity contribution in [1.29, 1.82) is 0 Å². The lowest BCUT2D eigenvalue weighted by atomic mass is 9.51. The molecule has 2 fully saturated rings. The minimum absolute atomic E-state index is 0.0916. The van der Waals surface area contributed by atoms with Crippen molar-refractivity contribution in [2.75, 3.05) is 6.61 Å². The summed E-state index contributed by atoms with van der Waals surface area (Å²) in [5.41, 5.74) is 0.308. The largest absolute Gasteiger partial charge is 0.477 e. The number of nitrogens with zero attached hydrogens (tertiary/aromatic N) is 1. The van der Waals surface area contributed by atoms with Gasteiger partial charge in [0.25, 0.3) is 5.91 Å². The summed E-state index contributed by atoms with van der Waals surface area (Å²) in [6.45, 7) is 2.68. The highest BCUT2D eigenvalue weighted by Crippen LogP contribution is 2.57. The molecule has 1 aromatic rings. The quantitative estimate of drug-likeness (QED) is 0.866. The molecule has 2 atom stereocenters. The molecule has 22 heavy (non-hydrogen) atoms. The number of ether oxygens (including phenoxy) is 1. The fraction of sp³-hybridized carbons (Fsp3) is 0.562. The number of carboxylic acids is 1. The van der Waals surface area contributed by atoms with E-state index in [0.29, 0.717) is 12.2 Å². The average Bonchev–Trinajstić information content (AvgIpc) is 2.44. The minimum atomic E-state index is -1.13. The number of pyridine rings is 1. The standard InChI is InChI=1S/C16H20N2O4/c1-2-22-13-9-12(16(13)5-3-6-16)18-14(19)10-4-7-17-11(8-10)15(20)21/h4,7-8,12-13H,2-3,5-6,9H2,1H3,(H,18,19)(H,20,21). The Kier molecular flexibility index (Phi) is 3.87. The molecule has 6 heteroatoms. The first kappa shape index (κ1) is 15.0. The minimum Gasteiger partial charge on any atom is -0.477 e. The second-order valence-electron chi connectivity index (χ2n) is 6.03. The van der Waals surface area contributed by atoms with Crippen molar-refractivity contribution >= 4 is 11.9 Å². The number of hydrogen-bond acceptors (Lipinski definition) is 4. The van der Waals surface area contributed by atoms with Crippen molar-refractivity contribution in [1.82, 2.24) is 10.3 Å². The molecule has 1 spiro atoms. The Labute approximate surface area is 128 Å². The van der Waals surface area contributed by atoms with E-state index in [0.717, 1.165) is 19.3 Å². The van der Waals surface area contributed by atoms with Crippen LogP contribution in [0.25, 0.3) is 0 Å². The molecule has 1 amide bonds. The smallest absolute Gasteiger partial charge is 0.354 e. The van der Waals surface area contributed by atoms with Crippen LogP contribution in [0.4, 0.5) is 0 Å². The predicted molar refractivity (Wildman–Crippen MR) is 78.8 cm³/mol. The van der Waals surface area contributed by atoms with Crippen LogP contribution in [0.1, 0.15) is 53.5 Å². The number of carbonyl (C=O) groups excluding carboxylic acids is 1. The lowest BCUT2D eigenvalue weighted by molar-refractivity contribution is -0.169. The third-order valence-electron chi connectivity index (χ3n) is 4.98. The topological polar surface area (TPSA) is 88.5 Å². The van der Waals surface area contributed by atoms with Crippen LogP contribution in [0.3, 0.4) is 0 Å². The van der Waals surface area contributed by atoms with Crippen LogP contribution in [0, 0.1) is 5.41 Å². The van der Waals surface area contributed by atoms with Gasteiger partial charge in [0.05, 0.1) is 6.10 Å². The molecule has 2 aliphatic rings. The summed E-state index contributed by atoms with van der Waals surface area (Å²) in [5.74, 6) is -1.37. The van der Waals surface area contributed by atoms with Gasteiger partial charge in [-0.3, -0.25) is 4.79 Å². The average molecular weight is 304 g/mol. The monoisotopic (exact) mass is 304 g/mol. The highest BCUT2D eigenvalue weighted by atomic mass is 16.5. The fourth-order valence-corrected chi connectivity index (χ4v) is 3.57. The number of rotatable bonds is 5. The van der Waals surface area contributed by atoms with Crippen LogP contribution in [0.5, 0.6) is 0 Å². The van der Waals surface area contributed by atoms with E-state index in [-0.39, 0.29) is 29.2 Å². The third kappa shape index (κ3) is 2.37. The van der Waals surface area contributed by atoms with Gasteiger partial charge in [-0.25, -0.2) is 9.78 Å². The molecule has 0 bridgehead atoms. The molecule has 0 saturated heterocycles. The normalized spacial score (nSPS) is 25.1. The zero-order valence-corrected chi connectivity index (χ0v) is 12.5. The molecule has 0 aliphatic heterocycles. The molecule has 1 aromatic heterocycles. The number of nitrogens with one attached hydrogen (secondary N) is 1. The molecule has 2 aliphatic carbocycles. The Morgan fingerprint density at radius 2 is 2.27 bits per heavy atom. The molecule has 2 N–H and O–H groups in total. The van der Waals surface area contributed by atoms with Crippen LogP contribution in [-0.4, -0.2) is 40.7 Å². The highest BCUT2D eigenvalue weighted by molar-refractivity contribution is 5.96. The van der Waals surface area contributed by atoms with Gasteiger partial charge in [-0.05, 0) is 38.3 Å². The molecule has 3 rings (SSSR count). The van der Waals surface area contributed by atoms with E-state index in [2.05, 4.69) is 10.3 Å². The molecule has 2 unspecified atom stereocenters. The maximum absolute atomic E-state index is 12.3. The van der Waals surface area contributed by atoms with E-state index in [1.165, 1.54) is 24.8 Å². The summed E-state index contributed by atoms with van der Waals surface area (Å²) in [6, 6.07) is 2.96. The number of carbonyl (C=O) groups is 2. The van der Waals surface area contributed by atoms with Gasteiger partial charge in [-0.15, -0.1) is 0 Å². The van der Waals surface area contributed by atoms with Gasteiger partial charge in [0.2, 0.25) is 0 Å². The molecule has 118 valence electrons. The van der Waals surface area contributed by atoms with Gasteiger partial charge in [-0.2, -0.15) is 0 Å². The molecule has 2 saturated carbocycles. The van der Waals surface area contributed by atoms with Gasteiger partial charge >= 0.3 is 5.97 Å².